The fraction of sp³-hybridized carbons (Fsp3) is 0.879. The van der Waals surface area contributed by atoms with Gasteiger partial charge in [-0.2, -0.15) is 0 Å². The summed E-state index contributed by atoms with van der Waals surface area (Å²) >= 11 is 0. The molecular formula is C58H87NaO11S. The Morgan fingerprint density at radius 1 is 0.859 bits per heavy atom. The molecule has 392 valence electrons. The molecule has 0 radical (unpaired) electrons. The van der Waals surface area contributed by atoms with E-state index >= 15 is 0 Å². The van der Waals surface area contributed by atoms with Gasteiger partial charge in [-0.25, -0.2) is 8.42 Å². The SMILES string of the molecule is C[C@@H]([C@H]1CC[C@H]2C3=C(CC[C@]12C)[C@@]12CO[C@@](O)([C@@H](O)C1)C(C)(C)[C@@H]2[C@@H](OS(=O)(=O)[O-])C3)[C@H]1C[C@@H]2C[C@@](C)(OC2(C)C)[C@H](CC[C@@H](C)[C@H]2CC[C@H]3C4=C(CC[C@]23C)[C@@]2(C)C[C@H](O)C(=O)C(C)(C)C2=CC4)O1.[Na+]. The van der Waals surface area contributed by atoms with Gasteiger partial charge in [0, 0.05) is 27.6 Å². The Kier molecular flexibility index (Phi) is 12.9. The van der Waals surface area contributed by atoms with Gasteiger partial charge in [-0.15, -0.1) is 0 Å². The first-order valence-corrected chi connectivity index (χ1v) is 29.1. The number of aliphatic hydroxyl groups excluding tert-OH is 2. The van der Waals surface area contributed by atoms with E-state index in [1.807, 2.05) is 27.7 Å². The van der Waals surface area contributed by atoms with E-state index < -0.39 is 56.7 Å². The predicted molar refractivity (Wildman–Crippen MR) is 264 cm³/mol. The van der Waals surface area contributed by atoms with Gasteiger partial charge in [0.25, 0.3) is 0 Å². The summed E-state index contributed by atoms with van der Waals surface area (Å²) in [5.74, 6) is 0.389. The van der Waals surface area contributed by atoms with Gasteiger partial charge >= 0.3 is 29.6 Å². The summed E-state index contributed by atoms with van der Waals surface area (Å²) in [6.45, 7) is 27.0. The van der Waals surface area contributed by atoms with Crippen molar-refractivity contribution in [3.63, 3.8) is 0 Å². The average Bonchev–Trinajstić information content (AvgIpc) is 3.84. The first-order chi connectivity index (χ1) is 32.4. The van der Waals surface area contributed by atoms with Crippen LogP contribution < -0.4 is 29.6 Å². The van der Waals surface area contributed by atoms with Gasteiger partial charge in [0.05, 0.1) is 36.1 Å². The number of aliphatic hydroxyl groups is 3. The Morgan fingerprint density at radius 2 is 1.49 bits per heavy atom. The number of ketones is 1. The van der Waals surface area contributed by atoms with E-state index in [0.29, 0.717) is 42.4 Å². The Balaban J connectivity index is 0.00000582. The Bertz CT molecular complexity index is 2430. The molecule has 19 atom stereocenters. The zero-order chi connectivity index (χ0) is 50.5. The quantitative estimate of drug-likeness (QED) is 0.0983. The first-order valence-electron chi connectivity index (χ1n) is 27.8. The summed E-state index contributed by atoms with van der Waals surface area (Å²) in [7, 11) is -5.06. The number of allylic oxidation sites excluding steroid dienone is 4. The van der Waals surface area contributed by atoms with E-state index in [9.17, 15) is 33.1 Å². The van der Waals surface area contributed by atoms with Gasteiger partial charge in [-0.05, 0) is 190 Å². The molecular weight excluding hydrogens is 928 g/mol. The van der Waals surface area contributed by atoms with E-state index in [4.69, 9.17) is 18.4 Å². The summed E-state index contributed by atoms with van der Waals surface area (Å²) in [5, 5.41) is 34.3. The Hall–Kier alpha value is -0.480. The minimum Gasteiger partial charge on any atom is -0.726 e. The van der Waals surface area contributed by atoms with E-state index in [-0.39, 0.29) is 99.9 Å². The second kappa shape index (κ2) is 17.0. The van der Waals surface area contributed by atoms with Crippen LogP contribution >= 0.6 is 0 Å². The number of hydrogen-bond acceptors (Lipinski definition) is 11. The molecule has 0 aromatic carbocycles. The van der Waals surface area contributed by atoms with Crippen LogP contribution in [-0.2, 0) is 33.6 Å². The van der Waals surface area contributed by atoms with Crippen molar-refractivity contribution >= 4 is 16.2 Å². The molecule has 0 amide bonds. The third-order valence-corrected chi connectivity index (χ3v) is 24.7. The molecule has 12 aliphatic rings. The van der Waals surface area contributed by atoms with E-state index in [2.05, 4.69) is 61.5 Å². The summed E-state index contributed by atoms with van der Waals surface area (Å²) in [6.07, 6.45) is 13.7. The first kappa shape index (κ1) is 53.9. The van der Waals surface area contributed by atoms with Crippen LogP contribution in [0.4, 0.5) is 0 Å². The summed E-state index contributed by atoms with van der Waals surface area (Å²) < 4.78 is 63.8. The van der Waals surface area contributed by atoms with Crippen LogP contribution in [0.3, 0.4) is 0 Å². The maximum Gasteiger partial charge on any atom is 1.00 e. The molecule has 11 nitrogen and oxygen atoms in total. The molecule has 4 heterocycles. The second-order valence-electron chi connectivity index (χ2n) is 28.4. The van der Waals surface area contributed by atoms with Crippen LogP contribution in [0, 0.1) is 79.8 Å². The van der Waals surface area contributed by atoms with Crippen molar-refractivity contribution < 1.29 is 81.0 Å². The number of carbonyl (C=O) groups excluding carboxylic acids is 1. The van der Waals surface area contributed by atoms with E-state index in [0.717, 1.165) is 70.6 Å². The number of fused-ring (bicyclic) bond motifs is 10. The molecule has 13 heteroatoms. The molecule has 4 bridgehead atoms. The largest absolute Gasteiger partial charge is 1.00 e. The van der Waals surface area contributed by atoms with Crippen molar-refractivity contribution in [2.75, 3.05) is 6.61 Å². The third-order valence-electron chi connectivity index (χ3n) is 24.2. The molecule has 1 spiro atoms. The summed E-state index contributed by atoms with van der Waals surface area (Å²) in [6, 6.07) is 0. The molecule has 4 aliphatic heterocycles. The van der Waals surface area contributed by atoms with Crippen molar-refractivity contribution in [2.45, 2.75) is 233 Å². The normalized spacial score (nSPS) is 49.8. The molecule has 0 unspecified atom stereocenters. The second-order valence-corrected chi connectivity index (χ2v) is 29.4. The molecule has 8 aliphatic carbocycles. The monoisotopic (exact) mass is 1010 g/mol. The standard InChI is InChI=1S/C58H88O11S.Na/c1-31(36-15-17-38-34-14-19-45-50(3,4)49(61)42(59)28-55(45,11)40(34)21-23-53(36,38)9)13-20-47-56(12)27-33(52(7,8)69-56)25-43(67-47)32(2)37-16-18-39-35-26-44(68-70(63,64)65)48-51(5,6)58(62)46(60)29-57(48,30-66-58)41(35)22-24-54(37,39)10;/h19,31-33,36-39,42-44,46-48,59-60,62H,13-18,20-30H2,1-12H3,(H,63,64,65);/q;+1/p-1/t31-,32+,33-,36-,37-,38+,39+,42+,43-,44+,46+,47+,48+,53-,54-,55-,56-,57+,58+;/m1./s1. The fourth-order valence-corrected chi connectivity index (χ4v) is 21.5. The molecule has 12 rings (SSSR count). The molecule has 0 aromatic heterocycles. The van der Waals surface area contributed by atoms with E-state index in [1.165, 1.54) is 35.1 Å². The number of hydrogen-bond donors (Lipinski definition) is 3. The molecule has 0 aromatic rings. The van der Waals surface area contributed by atoms with Gasteiger partial charge in [0.1, 0.15) is 12.2 Å². The van der Waals surface area contributed by atoms with Gasteiger partial charge in [0.15, 0.2) is 11.6 Å². The smallest absolute Gasteiger partial charge is 0.726 e. The average molecular weight is 1020 g/mol. The third kappa shape index (κ3) is 7.50. The summed E-state index contributed by atoms with van der Waals surface area (Å²) in [5.41, 5.74) is 3.56. The summed E-state index contributed by atoms with van der Waals surface area (Å²) in [4.78, 5) is 13.2. The van der Waals surface area contributed by atoms with Gasteiger partial charge in [-0.3, -0.25) is 8.98 Å². The molecule has 71 heavy (non-hydrogen) atoms. The fourth-order valence-electron chi connectivity index (χ4n) is 21.0. The van der Waals surface area contributed by atoms with Crippen LogP contribution in [-0.4, -0.2) is 88.2 Å². The topological polar surface area (TPSA) is 172 Å². The van der Waals surface area contributed by atoms with Crippen molar-refractivity contribution in [1.82, 2.24) is 0 Å². The van der Waals surface area contributed by atoms with Crippen molar-refractivity contribution in [3.8, 4) is 0 Å². The van der Waals surface area contributed by atoms with Crippen LogP contribution in [0.15, 0.2) is 33.9 Å². The van der Waals surface area contributed by atoms with Crippen LogP contribution in [0.1, 0.15) is 186 Å². The van der Waals surface area contributed by atoms with Gasteiger partial charge in [-0.1, -0.05) is 82.4 Å². The minimum atomic E-state index is -5.06. The maximum atomic E-state index is 13.2. The Labute approximate surface area is 448 Å². The number of ether oxygens (including phenoxy) is 3. The number of Topliss-reactive ketones (excluding diaryl/α,β-unsaturated/α-hetero) is 1. The van der Waals surface area contributed by atoms with E-state index in [1.54, 1.807) is 5.57 Å². The number of carbonyl (C=O) groups is 1. The van der Waals surface area contributed by atoms with Crippen molar-refractivity contribution in [2.24, 2.45) is 79.8 Å². The zero-order valence-corrected chi connectivity index (χ0v) is 48.4. The minimum absolute atomic E-state index is 0. The van der Waals surface area contributed by atoms with Crippen LogP contribution in [0.2, 0.25) is 0 Å². The molecule has 4 saturated heterocycles. The van der Waals surface area contributed by atoms with Crippen molar-refractivity contribution in [3.05, 3.63) is 33.9 Å². The molecule has 4 saturated carbocycles. The van der Waals surface area contributed by atoms with Gasteiger partial charge in [0.2, 0.25) is 10.4 Å². The van der Waals surface area contributed by atoms with Crippen molar-refractivity contribution in [1.29, 1.82) is 0 Å². The molecule has 8 fully saturated rings. The maximum absolute atomic E-state index is 13.2. The number of rotatable bonds is 8. The molecule has 3 N–H and O–H groups in total. The van der Waals surface area contributed by atoms with Crippen LogP contribution in [0.25, 0.3) is 0 Å². The Morgan fingerprint density at radius 3 is 2.15 bits per heavy atom. The predicted octanol–water partition coefficient (Wildman–Crippen LogP) is 7.08. The van der Waals surface area contributed by atoms with Gasteiger partial charge < -0.3 is 34.1 Å². The zero-order valence-electron chi connectivity index (χ0n) is 45.6. The van der Waals surface area contributed by atoms with Crippen LogP contribution in [0.5, 0.6) is 0 Å².